The van der Waals surface area contributed by atoms with E-state index in [1.807, 2.05) is 42.5 Å². The van der Waals surface area contributed by atoms with Gasteiger partial charge in [-0.1, -0.05) is 47.1 Å². The second kappa shape index (κ2) is 8.75. The second-order valence-corrected chi connectivity index (χ2v) is 9.42. The van der Waals surface area contributed by atoms with Crippen LogP contribution in [0.25, 0.3) is 43.4 Å². The Morgan fingerprint density at radius 2 is 1.84 bits per heavy atom. The smallest absolute Gasteiger partial charge is 0.302 e. The lowest BCUT2D eigenvalue weighted by Gasteiger charge is -2.11. The Labute approximate surface area is 212 Å². The van der Waals surface area contributed by atoms with Gasteiger partial charge in [0.1, 0.15) is 21.3 Å². The van der Waals surface area contributed by atoms with Crippen molar-refractivity contribution < 1.29 is 22.8 Å². The molecule has 3 N–H and O–H groups in total. The van der Waals surface area contributed by atoms with Crippen molar-refractivity contribution in [3.05, 3.63) is 89.4 Å². The normalized spacial score (nSPS) is 11.3. The largest absolute Gasteiger partial charge is 0.397 e. The Balaban J connectivity index is 1.59. The van der Waals surface area contributed by atoms with E-state index < -0.39 is 17.5 Å². The highest BCUT2D eigenvalue weighted by Crippen LogP contribution is 2.43. The van der Waals surface area contributed by atoms with Gasteiger partial charge in [0.15, 0.2) is 12.3 Å². The van der Waals surface area contributed by atoms with Gasteiger partial charge >= 0.3 is 5.88 Å². The van der Waals surface area contributed by atoms with Crippen LogP contribution >= 0.6 is 11.3 Å². The number of hydrogen-bond donors (Lipinski definition) is 2. The molecule has 1 amide bonds. The van der Waals surface area contributed by atoms with Crippen molar-refractivity contribution in [2.75, 3.05) is 11.1 Å². The maximum absolute atomic E-state index is 15.0. The van der Waals surface area contributed by atoms with E-state index in [9.17, 15) is 9.18 Å². The average Bonchev–Trinajstić information content (AvgIpc) is 3.45. The molecular formula is C27H18F2N5O2S+. The van der Waals surface area contributed by atoms with Crippen LogP contribution in [0.4, 0.5) is 20.4 Å². The number of thiophene rings is 1. The molecule has 3 heterocycles. The van der Waals surface area contributed by atoms with Gasteiger partial charge in [0.2, 0.25) is 0 Å². The summed E-state index contributed by atoms with van der Waals surface area (Å²) >= 11 is 1.08. The summed E-state index contributed by atoms with van der Waals surface area (Å²) in [5.74, 6) is -1.82. The summed E-state index contributed by atoms with van der Waals surface area (Å²) in [6, 6.07) is 18.8. The zero-order chi connectivity index (χ0) is 25.7. The van der Waals surface area contributed by atoms with Crippen LogP contribution in [0.5, 0.6) is 0 Å². The minimum Gasteiger partial charge on any atom is -0.397 e. The number of hydrogen-bond acceptors (Lipinski definition) is 6. The van der Waals surface area contributed by atoms with E-state index in [0.29, 0.717) is 21.5 Å². The van der Waals surface area contributed by atoms with E-state index in [0.717, 1.165) is 33.7 Å². The lowest BCUT2D eigenvalue weighted by Crippen LogP contribution is -2.28. The van der Waals surface area contributed by atoms with E-state index in [2.05, 4.69) is 10.6 Å². The Morgan fingerprint density at radius 1 is 1.03 bits per heavy atom. The number of halogens is 2. The Hall–Kier alpha value is -4.70. The van der Waals surface area contributed by atoms with Crippen LogP contribution in [-0.4, -0.2) is 16.2 Å². The molecule has 0 spiro atoms. The predicted octanol–water partition coefficient (Wildman–Crippen LogP) is 5.71. The fourth-order valence-electron chi connectivity index (χ4n) is 4.35. The number of pyridine rings is 1. The molecular weight excluding hydrogens is 496 g/mol. The number of fused-ring (bicyclic) bond motifs is 2. The highest BCUT2D eigenvalue weighted by atomic mass is 32.1. The Kier molecular flexibility index (Phi) is 5.38. The van der Waals surface area contributed by atoms with E-state index in [-0.39, 0.29) is 22.0 Å². The van der Waals surface area contributed by atoms with Gasteiger partial charge in [-0.3, -0.25) is 14.6 Å². The van der Waals surface area contributed by atoms with E-state index in [4.69, 9.17) is 15.2 Å². The molecule has 0 fully saturated rings. The molecule has 0 aliphatic carbocycles. The predicted molar refractivity (Wildman–Crippen MR) is 138 cm³/mol. The topological polar surface area (TPSA) is 97.9 Å². The standard InChI is InChI=1S/C27H17F2N5O2S/c1-34-13-22(36-33-34)32-26(35)25-24(30)23-19(17-10-9-15(28)11-20(17)29)12-21(31-27(23)37-25)18-8-4-6-14-5-2-3-7-16(14)18/h2-13H,1H3,(H2-,30,32,33,35)/p+1. The lowest BCUT2D eigenvalue weighted by molar-refractivity contribution is -0.739. The van der Waals surface area contributed by atoms with Gasteiger partial charge in [-0.15, -0.1) is 11.3 Å². The van der Waals surface area contributed by atoms with Crippen LogP contribution < -0.4 is 15.7 Å². The summed E-state index contributed by atoms with van der Waals surface area (Å²) < 4.78 is 35.2. The molecule has 3 aromatic carbocycles. The van der Waals surface area contributed by atoms with Crippen molar-refractivity contribution in [2.24, 2.45) is 7.05 Å². The summed E-state index contributed by atoms with van der Waals surface area (Å²) in [5, 5.41) is 8.69. The summed E-state index contributed by atoms with van der Waals surface area (Å²) in [5.41, 5.74) is 8.55. The van der Waals surface area contributed by atoms with Crippen LogP contribution in [0.3, 0.4) is 0 Å². The maximum Gasteiger partial charge on any atom is 0.302 e. The van der Waals surface area contributed by atoms with Crippen molar-refractivity contribution in [1.29, 1.82) is 0 Å². The molecule has 7 nitrogen and oxygen atoms in total. The molecule has 10 heteroatoms. The fraction of sp³-hybridized carbons (Fsp3) is 0.0370. The highest BCUT2D eigenvalue weighted by Gasteiger charge is 2.24. The van der Waals surface area contributed by atoms with Gasteiger partial charge in [-0.2, -0.15) is 0 Å². The molecule has 0 unspecified atom stereocenters. The van der Waals surface area contributed by atoms with Crippen LogP contribution in [-0.2, 0) is 7.05 Å². The first-order valence-corrected chi connectivity index (χ1v) is 12.0. The number of anilines is 2. The number of benzene rings is 3. The first-order valence-electron chi connectivity index (χ1n) is 11.2. The first-order chi connectivity index (χ1) is 17.9. The maximum atomic E-state index is 15.0. The number of nitrogens with zero attached hydrogens (tertiary/aromatic N) is 3. The number of amides is 1. The molecule has 0 aliphatic heterocycles. The number of aromatic nitrogens is 3. The minimum atomic E-state index is -0.748. The van der Waals surface area contributed by atoms with Crippen LogP contribution in [0.2, 0.25) is 0 Å². The van der Waals surface area contributed by atoms with Crippen LogP contribution in [0.15, 0.2) is 77.4 Å². The lowest BCUT2D eigenvalue weighted by atomic mass is 9.96. The third-order valence-electron chi connectivity index (χ3n) is 6.00. The van der Waals surface area contributed by atoms with Crippen LogP contribution in [0, 0.1) is 11.6 Å². The van der Waals surface area contributed by atoms with E-state index in [1.165, 1.54) is 23.0 Å². The average molecular weight is 515 g/mol. The molecule has 0 radical (unpaired) electrons. The fourth-order valence-corrected chi connectivity index (χ4v) is 5.36. The molecule has 182 valence electrons. The van der Waals surface area contributed by atoms with Gasteiger partial charge in [0, 0.05) is 22.6 Å². The van der Waals surface area contributed by atoms with Crippen molar-refractivity contribution >= 4 is 49.8 Å². The van der Waals surface area contributed by atoms with Crippen LogP contribution in [0.1, 0.15) is 9.67 Å². The zero-order valence-corrected chi connectivity index (χ0v) is 20.1. The molecule has 0 atom stereocenters. The van der Waals surface area contributed by atoms with Gasteiger partial charge < -0.3 is 5.73 Å². The Bertz CT molecular complexity index is 1840. The van der Waals surface area contributed by atoms with Gasteiger partial charge in [0.05, 0.1) is 11.4 Å². The molecule has 6 rings (SSSR count). The molecule has 0 saturated carbocycles. The third-order valence-corrected chi connectivity index (χ3v) is 7.10. The van der Waals surface area contributed by atoms with E-state index in [1.54, 1.807) is 13.1 Å². The third kappa shape index (κ3) is 3.97. The van der Waals surface area contributed by atoms with Crippen molar-refractivity contribution in [1.82, 2.24) is 10.3 Å². The molecule has 3 aromatic heterocycles. The number of nitrogens with two attached hydrogens (primary N) is 1. The molecule has 0 saturated heterocycles. The number of nitrogens with one attached hydrogen (secondary N) is 1. The van der Waals surface area contributed by atoms with Gasteiger partial charge in [0.25, 0.3) is 12.1 Å². The number of rotatable bonds is 4. The van der Waals surface area contributed by atoms with Crippen molar-refractivity contribution in [3.63, 3.8) is 0 Å². The van der Waals surface area contributed by atoms with Gasteiger partial charge in [-0.05, 0) is 34.5 Å². The minimum absolute atomic E-state index is 0.136. The summed E-state index contributed by atoms with van der Waals surface area (Å²) in [4.78, 5) is 18.5. The monoisotopic (exact) mass is 514 g/mol. The van der Waals surface area contributed by atoms with Gasteiger partial charge in [-0.25, -0.2) is 13.8 Å². The number of carbonyl (C=O) groups is 1. The number of nitrogen functional groups attached to an aromatic ring is 1. The SMILES string of the molecule is C[n+]1cc(NC(=O)c2sc3nc(-c4cccc5ccccc45)cc(-c4ccc(F)cc4F)c3c2N)on1. The quantitative estimate of drug-likeness (QED) is 0.294. The molecule has 0 aliphatic rings. The number of carbonyl (C=O) groups excluding carboxylic acids is 1. The molecule has 6 aromatic rings. The molecule has 37 heavy (non-hydrogen) atoms. The summed E-state index contributed by atoms with van der Waals surface area (Å²) in [7, 11) is 1.65. The highest BCUT2D eigenvalue weighted by molar-refractivity contribution is 7.21. The first kappa shape index (κ1) is 22.7. The molecule has 0 bridgehead atoms. The van der Waals surface area contributed by atoms with Crippen molar-refractivity contribution in [2.45, 2.75) is 0 Å². The van der Waals surface area contributed by atoms with E-state index >= 15 is 4.39 Å². The zero-order valence-electron chi connectivity index (χ0n) is 19.3. The second-order valence-electron chi connectivity index (χ2n) is 8.43. The summed E-state index contributed by atoms with van der Waals surface area (Å²) in [6.45, 7) is 0. The summed E-state index contributed by atoms with van der Waals surface area (Å²) in [6.07, 6.45) is 1.50. The number of aryl methyl sites for hydroxylation is 1. The van der Waals surface area contributed by atoms with Crippen molar-refractivity contribution in [3.8, 4) is 22.4 Å². The Morgan fingerprint density at radius 3 is 2.62 bits per heavy atom.